The maximum atomic E-state index is 12.3. The minimum absolute atomic E-state index is 0.169. The molecule has 2 aromatic carbocycles. The first-order valence-corrected chi connectivity index (χ1v) is 7.10. The Hall–Kier alpha value is -2.82. The molecule has 5 heteroatoms. The topological polar surface area (TPSA) is 62.7 Å². The van der Waals surface area contributed by atoms with Gasteiger partial charge in [0, 0.05) is 23.4 Å². The zero-order valence-electron chi connectivity index (χ0n) is 12.3. The summed E-state index contributed by atoms with van der Waals surface area (Å²) in [4.78, 5) is 16.7. The van der Waals surface area contributed by atoms with Crippen molar-refractivity contribution in [1.82, 2.24) is 5.32 Å². The number of carbonyl (C=O) groups excluding carboxylic acids is 1. The van der Waals surface area contributed by atoms with Crippen LogP contribution in [0, 0.1) is 0 Å². The van der Waals surface area contributed by atoms with E-state index in [1.807, 2.05) is 24.3 Å². The van der Waals surface area contributed by atoms with Crippen LogP contribution in [0.4, 0.5) is 5.69 Å². The number of amidine groups is 1. The minimum Gasteiger partial charge on any atom is -0.497 e. The molecule has 0 saturated carbocycles. The number of nitrogens with zero attached hydrogens (tertiary/aromatic N) is 1. The van der Waals surface area contributed by atoms with E-state index in [1.54, 1.807) is 31.4 Å². The SMILES string of the molecule is COc1cccc(C(=O)Nc2cccc(C3=NCCN3)c2)c1. The predicted octanol–water partition coefficient (Wildman–Crippen LogP) is 2.30. The van der Waals surface area contributed by atoms with Gasteiger partial charge in [-0.3, -0.25) is 9.79 Å². The number of aliphatic imine (C=N–C) groups is 1. The monoisotopic (exact) mass is 295 g/mol. The number of methoxy groups -OCH3 is 1. The van der Waals surface area contributed by atoms with Crippen LogP contribution in [0.5, 0.6) is 5.75 Å². The van der Waals surface area contributed by atoms with Gasteiger partial charge >= 0.3 is 0 Å². The van der Waals surface area contributed by atoms with Crippen molar-refractivity contribution in [3.05, 3.63) is 59.7 Å². The van der Waals surface area contributed by atoms with E-state index < -0.39 is 0 Å². The van der Waals surface area contributed by atoms with E-state index in [9.17, 15) is 4.79 Å². The van der Waals surface area contributed by atoms with E-state index in [1.165, 1.54) is 0 Å². The summed E-state index contributed by atoms with van der Waals surface area (Å²) in [5.41, 5.74) is 2.27. The van der Waals surface area contributed by atoms with Crippen LogP contribution in [0.25, 0.3) is 0 Å². The Kier molecular flexibility index (Phi) is 4.05. The smallest absolute Gasteiger partial charge is 0.255 e. The molecule has 5 nitrogen and oxygen atoms in total. The van der Waals surface area contributed by atoms with Crippen molar-refractivity contribution < 1.29 is 9.53 Å². The number of hydrogen-bond donors (Lipinski definition) is 2. The largest absolute Gasteiger partial charge is 0.497 e. The van der Waals surface area contributed by atoms with Crippen molar-refractivity contribution in [2.75, 3.05) is 25.5 Å². The average Bonchev–Trinajstić information content (AvgIpc) is 3.10. The molecule has 0 aliphatic carbocycles. The van der Waals surface area contributed by atoms with Crippen molar-refractivity contribution in [3.8, 4) is 5.75 Å². The molecule has 1 heterocycles. The normalized spacial score (nSPS) is 13.2. The maximum absolute atomic E-state index is 12.3. The molecule has 3 rings (SSSR count). The van der Waals surface area contributed by atoms with E-state index in [2.05, 4.69) is 15.6 Å². The Morgan fingerprint density at radius 1 is 1.23 bits per heavy atom. The minimum atomic E-state index is -0.169. The quantitative estimate of drug-likeness (QED) is 0.909. The summed E-state index contributed by atoms with van der Waals surface area (Å²) in [5.74, 6) is 1.36. The van der Waals surface area contributed by atoms with Crippen molar-refractivity contribution in [3.63, 3.8) is 0 Å². The van der Waals surface area contributed by atoms with Gasteiger partial charge in [0.25, 0.3) is 5.91 Å². The Bertz CT molecular complexity index is 725. The molecule has 112 valence electrons. The second-order valence-electron chi connectivity index (χ2n) is 4.92. The van der Waals surface area contributed by atoms with E-state index in [-0.39, 0.29) is 5.91 Å². The number of amides is 1. The van der Waals surface area contributed by atoms with Gasteiger partial charge in [0.2, 0.25) is 0 Å². The van der Waals surface area contributed by atoms with E-state index >= 15 is 0 Å². The number of rotatable bonds is 4. The van der Waals surface area contributed by atoms with Crippen molar-refractivity contribution in [2.24, 2.45) is 4.99 Å². The molecule has 0 saturated heterocycles. The van der Waals surface area contributed by atoms with Crippen LogP contribution in [0.2, 0.25) is 0 Å². The van der Waals surface area contributed by atoms with Crippen LogP contribution >= 0.6 is 0 Å². The number of hydrogen-bond acceptors (Lipinski definition) is 4. The summed E-state index contributed by atoms with van der Waals surface area (Å²) < 4.78 is 5.14. The second kappa shape index (κ2) is 6.30. The van der Waals surface area contributed by atoms with Gasteiger partial charge in [-0.15, -0.1) is 0 Å². The molecule has 0 unspecified atom stereocenters. The molecule has 1 amide bonds. The third-order valence-electron chi connectivity index (χ3n) is 3.40. The van der Waals surface area contributed by atoms with Crippen LogP contribution in [0.1, 0.15) is 15.9 Å². The molecule has 1 aliphatic heterocycles. The molecule has 0 bridgehead atoms. The summed E-state index contributed by atoms with van der Waals surface area (Å²) in [6, 6.07) is 14.7. The fourth-order valence-electron chi connectivity index (χ4n) is 2.30. The zero-order valence-corrected chi connectivity index (χ0v) is 12.3. The van der Waals surface area contributed by atoms with Crippen molar-refractivity contribution >= 4 is 17.4 Å². The molecule has 2 N–H and O–H groups in total. The average molecular weight is 295 g/mol. The number of anilines is 1. The van der Waals surface area contributed by atoms with Crippen LogP contribution in [0.3, 0.4) is 0 Å². The lowest BCUT2D eigenvalue weighted by molar-refractivity contribution is 0.102. The van der Waals surface area contributed by atoms with Gasteiger partial charge in [-0.1, -0.05) is 18.2 Å². The Morgan fingerprint density at radius 3 is 2.86 bits per heavy atom. The van der Waals surface area contributed by atoms with E-state index in [4.69, 9.17) is 4.74 Å². The fraction of sp³-hybridized carbons (Fsp3) is 0.176. The lowest BCUT2D eigenvalue weighted by Gasteiger charge is -2.09. The molecule has 0 spiro atoms. The Morgan fingerprint density at radius 2 is 2.09 bits per heavy atom. The molecule has 22 heavy (non-hydrogen) atoms. The molecule has 0 radical (unpaired) electrons. The number of ether oxygens (including phenoxy) is 1. The van der Waals surface area contributed by atoms with Gasteiger partial charge in [0.1, 0.15) is 11.6 Å². The number of carbonyl (C=O) groups is 1. The first kappa shape index (κ1) is 14.1. The molecular formula is C17H17N3O2. The fourth-order valence-corrected chi connectivity index (χ4v) is 2.30. The maximum Gasteiger partial charge on any atom is 0.255 e. The van der Waals surface area contributed by atoms with E-state index in [0.29, 0.717) is 11.3 Å². The summed E-state index contributed by atoms with van der Waals surface area (Å²) in [5, 5.41) is 6.12. The van der Waals surface area contributed by atoms with Crippen molar-refractivity contribution in [1.29, 1.82) is 0 Å². The van der Waals surface area contributed by atoms with Gasteiger partial charge in [0.15, 0.2) is 0 Å². The molecule has 0 fully saturated rings. The summed E-state index contributed by atoms with van der Waals surface area (Å²) in [6.07, 6.45) is 0. The first-order valence-electron chi connectivity index (χ1n) is 7.10. The zero-order chi connectivity index (χ0) is 15.4. The predicted molar refractivity (Wildman–Crippen MR) is 86.8 cm³/mol. The summed E-state index contributed by atoms with van der Waals surface area (Å²) in [6.45, 7) is 1.64. The second-order valence-corrected chi connectivity index (χ2v) is 4.92. The molecule has 1 aliphatic rings. The van der Waals surface area contributed by atoms with Gasteiger partial charge in [-0.2, -0.15) is 0 Å². The third-order valence-corrected chi connectivity index (χ3v) is 3.40. The highest BCUT2D eigenvalue weighted by Gasteiger charge is 2.10. The van der Waals surface area contributed by atoms with Crippen LogP contribution in [-0.2, 0) is 0 Å². The van der Waals surface area contributed by atoms with Crippen LogP contribution in [-0.4, -0.2) is 31.9 Å². The Balaban J connectivity index is 1.77. The highest BCUT2D eigenvalue weighted by molar-refractivity contribution is 6.06. The third kappa shape index (κ3) is 3.09. The van der Waals surface area contributed by atoms with Crippen LogP contribution < -0.4 is 15.4 Å². The van der Waals surface area contributed by atoms with Gasteiger partial charge in [0.05, 0.1) is 13.7 Å². The summed E-state index contributed by atoms with van der Waals surface area (Å²) >= 11 is 0. The summed E-state index contributed by atoms with van der Waals surface area (Å²) in [7, 11) is 1.58. The number of benzene rings is 2. The van der Waals surface area contributed by atoms with Crippen LogP contribution in [0.15, 0.2) is 53.5 Å². The number of nitrogens with one attached hydrogen (secondary N) is 2. The molecular weight excluding hydrogens is 278 g/mol. The van der Waals surface area contributed by atoms with Gasteiger partial charge in [-0.25, -0.2) is 0 Å². The van der Waals surface area contributed by atoms with Gasteiger partial charge < -0.3 is 15.4 Å². The first-order chi connectivity index (χ1) is 10.8. The molecule has 2 aromatic rings. The molecule has 0 aromatic heterocycles. The van der Waals surface area contributed by atoms with Gasteiger partial charge in [-0.05, 0) is 30.3 Å². The van der Waals surface area contributed by atoms with E-state index in [0.717, 1.165) is 30.2 Å². The molecule has 0 atom stereocenters. The lowest BCUT2D eigenvalue weighted by Crippen LogP contribution is -2.19. The van der Waals surface area contributed by atoms with Crippen molar-refractivity contribution in [2.45, 2.75) is 0 Å². The Labute approximate surface area is 129 Å². The lowest BCUT2D eigenvalue weighted by atomic mass is 10.1. The standard InChI is InChI=1S/C17H17N3O2/c1-22-15-7-3-5-13(11-15)17(21)20-14-6-2-4-12(10-14)16-18-8-9-19-16/h2-7,10-11H,8-9H2,1H3,(H,18,19)(H,20,21). The highest BCUT2D eigenvalue weighted by atomic mass is 16.5. The highest BCUT2D eigenvalue weighted by Crippen LogP contribution is 2.16.